The maximum absolute atomic E-state index is 15.4. The minimum atomic E-state index is -4.87. The Morgan fingerprint density at radius 3 is 2.59 bits per heavy atom. The van der Waals surface area contributed by atoms with Crippen molar-refractivity contribution in [1.29, 1.82) is 0 Å². The van der Waals surface area contributed by atoms with E-state index < -0.39 is 41.2 Å². The van der Waals surface area contributed by atoms with Crippen LogP contribution >= 0.6 is 0 Å². The van der Waals surface area contributed by atoms with E-state index in [1.807, 2.05) is 0 Å². The summed E-state index contributed by atoms with van der Waals surface area (Å²) >= 11 is 0. The Bertz CT molecular complexity index is 1040. The third kappa shape index (κ3) is 5.82. The average molecular weight is 482 g/mol. The zero-order valence-corrected chi connectivity index (χ0v) is 18.9. The molecule has 3 rings (SSSR count). The molecule has 1 aliphatic heterocycles. The number of aromatic nitrogens is 1. The predicted molar refractivity (Wildman–Crippen MR) is 115 cm³/mol. The highest BCUT2D eigenvalue weighted by atomic mass is 19.4. The Morgan fingerprint density at radius 1 is 1.26 bits per heavy atom. The minimum absolute atomic E-state index is 0.0702. The van der Waals surface area contributed by atoms with Crippen LogP contribution in [0.2, 0.25) is 0 Å². The Labute approximate surface area is 194 Å². The van der Waals surface area contributed by atoms with Gasteiger partial charge in [0.2, 0.25) is 17.7 Å². The van der Waals surface area contributed by atoms with Crippen LogP contribution in [0.5, 0.6) is 5.88 Å². The van der Waals surface area contributed by atoms with Gasteiger partial charge in [-0.2, -0.15) is 13.2 Å². The van der Waals surface area contributed by atoms with Gasteiger partial charge in [-0.25, -0.2) is 9.37 Å². The van der Waals surface area contributed by atoms with Crippen LogP contribution in [0.15, 0.2) is 30.5 Å². The molecule has 1 saturated heterocycles. The molecule has 34 heavy (non-hydrogen) atoms. The van der Waals surface area contributed by atoms with Crippen LogP contribution in [0.25, 0.3) is 0 Å². The maximum atomic E-state index is 15.4. The number of pyridine rings is 1. The molecular formula is C23H26F4N4O3. The van der Waals surface area contributed by atoms with Crippen molar-refractivity contribution in [1.82, 2.24) is 20.9 Å². The molecule has 1 aromatic carbocycles. The summed E-state index contributed by atoms with van der Waals surface area (Å²) in [6.45, 7) is 5.19. The Balaban J connectivity index is 1.95. The van der Waals surface area contributed by atoms with E-state index >= 15 is 4.39 Å². The lowest BCUT2D eigenvalue weighted by molar-refractivity contribution is -0.139. The standard InChI is InChI=1S/C23H26F4N4O3/c1-4-34-18-8-6-13(10-28-18)16-9-17(32)31-21(30-16)19-15(23(25,26)27)7-5-14(20(19)24)11-29-22(33)12(2)3/h5-8,10,12,16,21,30H,4,9,11H2,1-3H3,(H,29,33)(H,31,32). The number of hydrogen-bond acceptors (Lipinski definition) is 5. The molecule has 0 radical (unpaired) electrons. The summed E-state index contributed by atoms with van der Waals surface area (Å²) < 4.78 is 62.0. The van der Waals surface area contributed by atoms with Crippen molar-refractivity contribution in [2.24, 2.45) is 5.92 Å². The molecule has 184 valence electrons. The summed E-state index contributed by atoms with van der Waals surface area (Å²) in [5, 5.41) is 7.80. The van der Waals surface area contributed by atoms with Gasteiger partial charge in [-0.15, -0.1) is 0 Å². The van der Waals surface area contributed by atoms with Crippen molar-refractivity contribution in [3.63, 3.8) is 0 Å². The highest BCUT2D eigenvalue weighted by Crippen LogP contribution is 2.38. The number of alkyl halides is 3. The molecule has 0 saturated carbocycles. The molecule has 0 spiro atoms. The molecule has 1 aliphatic rings. The molecule has 2 unspecified atom stereocenters. The molecule has 0 bridgehead atoms. The van der Waals surface area contributed by atoms with Gasteiger partial charge in [0.05, 0.1) is 12.2 Å². The normalized spacial score (nSPS) is 18.5. The van der Waals surface area contributed by atoms with Gasteiger partial charge in [0.25, 0.3) is 0 Å². The topological polar surface area (TPSA) is 92.4 Å². The number of rotatable bonds is 7. The summed E-state index contributed by atoms with van der Waals surface area (Å²) in [7, 11) is 0. The van der Waals surface area contributed by atoms with Crippen molar-refractivity contribution < 1.29 is 31.9 Å². The minimum Gasteiger partial charge on any atom is -0.478 e. The molecule has 7 nitrogen and oxygen atoms in total. The molecule has 11 heteroatoms. The molecule has 1 fully saturated rings. The maximum Gasteiger partial charge on any atom is 0.416 e. The monoisotopic (exact) mass is 482 g/mol. The predicted octanol–water partition coefficient (Wildman–Crippen LogP) is 3.76. The van der Waals surface area contributed by atoms with Gasteiger partial charge in [0.15, 0.2) is 0 Å². The van der Waals surface area contributed by atoms with Gasteiger partial charge in [-0.05, 0) is 18.6 Å². The second-order valence-corrected chi connectivity index (χ2v) is 8.16. The highest BCUT2D eigenvalue weighted by molar-refractivity contribution is 5.78. The van der Waals surface area contributed by atoms with Gasteiger partial charge < -0.3 is 15.4 Å². The summed E-state index contributed by atoms with van der Waals surface area (Å²) in [5.41, 5.74) is -1.54. The third-order valence-electron chi connectivity index (χ3n) is 5.35. The van der Waals surface area contributed by atoms with Gasteiger partial charge in [0, 0.05) is 48.3 Å². The number of nitrogens with one attached hydrogen (secondary N) is 3. The van der Waals surface area contributed by atoms with Crippen molar-refractivity contribution in [2.45, 2.75) is 52.1 Å². The van der Waals surface area contributed by atoms with Crippen LogP contribution in [0.3, 0.4) is 0 Å². The number of halogens is 4. The zero-order chi connectivity index (χ0) is 25.0. The summed E-state index contributed by atoms with van der Waals surface area (Å²) in [6, 6.07) is 4.27. The van der Waals surface area contributed by atoms with Crippen molar-refractivity contribution in [3.05, 3.63) is 58.5 Å². The van der Waals surface area contributed by atoms with Crippen LogP contribution < -0.4 is 20.7 Å². The van der Waals surface area contributed by atoms with Crippen LogP contribution in [0, 0.1) is 11.7 Å². The Kier molecular flexibility index (Phi) is 7.75. The first-order chi connectivity index (χ1) is 16.0. The number of hydrogen-bond donors (Lipinski definition) is 3. The first-order valence-electron chi connectivity index (χ1n) is 10.8. The fraction of sp³-hybridized carbons (Fsp3) is 0.435. The Hall–Kier alpha value is -3.21. The second kappa shape index (κ2) is 10.4. The molecule has 2 atom stereocenters. The summed E-state index contributed by atoms with van der Waals surface area (Å²) in [5.74, 6) is -2.08. The third-order valence-corrected chi connectivity index (χ3v) is 5.35. The lowest BCUT2D eigenvalue weighted by atomic mass is 9.95. The lowest BCUT2D eigenvalue weighted by Crippen LogP contribution is -2.47. The van der Waals surface area contributed by atoms with E-state index in [1.54, 1.807) is 32.9 Å². The molecule has 1 aromatic heterocycles. The second-order valence-electron chi connectivity index (χ2n) is 8.16. The fourth-order valence-corrected chi connectivity index (χ4v) is 3.60. The van der Waals surface area contributed by atoms with E-state index in [1.165, 1.54) is 6.20 Å². The lowest BCUT2D eigenvalue weighted by Gasteiger charge is -2.34. The molecule has 2 amide bonds. The van der Waals surface area contributed by atoms with Gasteiger partial charge >= 0.3 is 6.18 Å². The van der Waals surface area contributed by atoms with Gasteiger partial charge in [0.1, 0.15) is 12.0 Å². The first-order valence-corrected chi connectivity index (χ1v) is 10.8. The van der Waals surface area contributed by atoms with E-state index in [2.05, 4.69) is 20.9 Å². The van der Waals surface area contributed by atoms with Crippen molar-refractivity contribution in [2.75, 3.05) is 6.61 Å². The number of ether oxygens (including phenoxy) is 1. The van der Waals surface area contributed by atoms with E-state index in [0.717, 1.165) is 12.1 Å². The number of carbonyl (C=O) groups is 2. The molecular weight excluding hydrogens is 456 g/mol. The molecule has 3 N–H and O–H groups in total. The average Bonchev–Trinajstić information content (AvgIpc) is 2.77. The number of nitrogens with zero attached hydrogens (tertiary/aromatic N) is 1. The largest absolute Gasteiger partial charge is 0.478 e. The smallest absolute Gasteiger partial charge is 0.416 e. The zero-order valence-electron chi connectivity index (χ0n) is 18.9. The SMILES string of the molecule is CCOc1ccc(C2CC(=O)NC(c3c(C(F)(F)F)ccc(CNC(=O)C(C)C)c3F)N2)cn1. The number of benzene rings is 1. The first kappa shape index (κ1) is 25.4. The van der Waals surface area contributed by atoms with E-state index in [0.29, 0.717) is 18.1 Å². The van der Waals surface area contributed by atoms with E-state index in [4.69, 9.17) is 4.74 Å². The number of amides is 2. The van der Waals surface area contributed by atoms with Crippen LogP contribution in [0.1, 0.15) is 61.7 Å². The van der Waals surface area contributed by atoms with Crippen LogP contribution in [0.4, 0.5) is 17.6 Å². The summed E-state index contributed by atoms with van der Waals surface area (Å²) in [4.78, 5) is 28.4. The van der Waals surface area contributed by atoms with Crippen LogP contribution in [-0.2, 0) is 22.3 Å². The summed E-state index contributed by atoms with van der Waals surface area (Å²) in [6.07, 6.45) is -4.93. The van der Waals surface area contributed by atoms with E-state index in [-0.39, 0.29) is 30.4 Å². The highest BCUT2D eigenvalue weighted by Gasteiger charge is 2.40. The van der Waals surface area contributed by atoms with Gasteiger partial charge in [-0.3, -0.25) is 14.9 Å². The molecule has 2 heterocycles. The van der Waals surface area contributed by atoms with Crippen molar-refractivity contribution in [3.8, 4) is 5.88 Å². The molecule has 2 aromatic rings. The van der Waals surface area contributed by atoms with E-state index in [9.17, 15) is 22.8 Å². The van der Waals surface area contributed by atoms with Gasteiger partial charge in [-0.1, -0.05) is 26.0 Å². The Morgan fingerprint density at radius 2 is 2.00 bits per heavy atom. The van der Waals surface area contributed by atoms with Crippen molar-refractivity contribution >= 4 is 11.8 Å². The fourth-order valence-electron chi connectivity index (χ4n) is 3.60. The quantitative estimate of drug-likeness (QED) is 0.523. The molecule has 0 aliphatic carbocycles. The van der Waals surface area contributed by atoms with Crippen LogP contribution in [-0.4, -0.2) is 23.4 Å². The number of carbonyl (C=O) groups excluding carboxylic acids is 2.